The maximum Gasteiger partial charge on any atom is 0.158 e. The fourth-order valence-electron chi connectivity index (χ4n) is 3.18. The molecule has 5 heteroatoms. The number of aromatic nitrogens is 4. The van der Waals surface area contributed by atoms with Crippen molar-refractivity contribution in [3.63, 3.8) is 0 Å². The molecule has 124 valence electrons. The SMILES string of the molecule is Cn1nc(-c2ccccc2[C@@H](N)Cc2ccccn2)c2cccnc21. The zero-order valence-electron chi connectivity index (χ0n) is 14.0. The molecule has 3 heterocycles. The van der Waals surface area contributed by atoms with Crippen molar-refractivity contribution < 1.29 is 0 Å². The highest BCUT2D eigenvalue weighted by Gasteiger charge is 2.18. The van der Waals surface area contributed by atoms with E-state index in [1.165, 1.54) is 0 Å². The molecule has 0 radical (unpaired) electrons. The van der Waals surface area contributed by atoms with Gasteiger partial charge in [-0.15, -0.1) is 0 Å². The van der Waals surface area contributed by atoms with E-state index >= 15 is 0 Å². The second-order valence-electron chi connectivity index (χ2n) is 6.07. The van der Waals surface area contributed by atoms with E-state index in [1.807, 2.05) is 54.2 Å². The lowest BCUT2D eigenvalue weighted by Crippen LogP contribution is -2.15. The van der Waals surface area contributed by atoms with Crippen LogP contribution in [-0.2, 0) is 13.5 Å². The van der Waals surface area contributed by atoms with Gasteiger partial charge >= 0.3 is 0 Å². The molecule has 4 aromatic rings. The highest BCUT2D eigenvalue weighted by atomic mass is 15.3. The second-order valence-corrected chi connectivity index (χ2v) is 6.07. The molecule has 0 saturated carbocycles. The molecule has 0 amide bonds. The van der Waals surface area contributed by atoms with E-state index in [1.54, 1.807) is 12.4 Å². The van der Waals surface area contributed by atoms with Crippen LogP contribution in [0.4, 0.5) is 0 Å². The number of benzene rings is 1. The first-order valence-electron chi connectivity index (χ1n) is 8.26. The van der Waals surface area contributed by atoms with Crippen molar-refractivity contribution in [3.8, 4) is 11.3 Å². The molecule has 3 aromatic heterocycles. The third-order valence-corrected chi connectivity index (χ3v) is 4.37. The first-order chi connectivity index (χ1) is 12.2. The molecule has 1 aromatic carbocycles. The van der Waals surface area contributed by atoms with Gasteiger partial charge in [-0.1, -0.05) is 30.3 Å². The van der Waals surface area contributed by atoms with Gasteiger partial charge in [0.2, 0.25) is 0 Å². The number of nitrogens with zero attached hydrogens (tertiary/aromatic N) is 4. The van der Waals surface area contributed by atoms with Crippen LogP contribution in [0.15, 0.2) is 67.0 Å². The summed E-state index contributed by atoms with van der Waals surface area (Å²) in [6.07, 6.45) is 4.26. The van der Waals surface area contributed by atoms with Crippen LogP contribution in [0, 0.1) is 0 Å². The van der Waals surface area contributed by atoms with E-state index in [4.69, 9.17) is 10.8 Å². The monoisotopic (exact) mass is 329 g/mol. The van der Waals surface area contributed by atoms with Gasteiger partial charge in [0.25, 0.3) is 0 Å². The minimum Gasteiger partial charge on any atom is -0.324 e. The Kier molecular flexibility index (Phi) is 3.99. The third kappa shape index (κ3) is 2.90. The predicted octanol–water partition coefficient (Wildman–Crippen LogP) is 3.27. The number of fused-ring (bicyclic) bond motifs is 1. The predicted molar refractivity (Wildman–Crippen MR) is 98.8 cm³/mol. The number of hydrogen-bond acceptors (Lipinski definition) is 4. The zero-order valence-corrected chi connectivity index (χ0v) is 14.0. The maximum absolute atomic E-state index is 6.53. The van der Waals surface area contributed by atoms with Gasteiger partial charge in [-0.3, -0.25) is 4.98 Å². The summed E-state index contributed by atoms with van der Waals surface area (Å²) in [5.41, 5.74) is 11.4. The van der Waals surface area contributed by atoms with Crippen molar-refractivity contribution in [3.05, 3.63) is 78.2 Å². The molecule has 0 aliphatic carbocycles. The molecule has 0 aliphatic rings. The smallest absolute Gasteiger partial charge is 0.158 e. The van der Waals surface area contributed by atoms with Gasteiger partial charge < -0.3 is 5.73 Å². The summed E-state index contributed by atoms with van der Waals surface area (Å²) >= 11 is 0. The van der Waals surface area contributed by atoms with Crippen molar-refractivity contribution in [1.82, 2.24) is 19.7 Å². The summed E-state index contributed by atoms with van der Waals surface area (Å²) in [5.74, 6) is 0. The average molecular weight is 329 g/mol. The average Bonchev–Trinajstić information content (AvgIpc) is 3.00. The lowest BCUT2D eigenvalue weighted by atomic mass is 9.94. The molecular formula is C20H19N5. The lowest BCUT2D eigenvalue weighted by molar-refractivity contribution is 0.707. The number of rotatable bonds is 4. The summed E-state index contributed by atoms with van der Waals surface area (Å²) in [7, 11) is 1.91. The van der Waals surface area contributed by atoms with Gasteiger partial charge in [-0.2, -0.15) is 5.10 Å². The molecule has 0 bridgehead atoms. The maximum atomic E-state index is 6.53. The third-order valence-electron chi connectivity index (χ3n) is 4.37. The first-order valence-corrected chi connectivity index (χ1v) is 8.26. The second kappa shape index (κ2) is 6.45. The lowest BCUT2D eigenvalue weighted by Gasteiger charge is -2.15. The number of hydrogen-bond donors (Lipinski definition) is 1. The van der Waals surface area contributed by atoms with E-state index in [-0.39, 0.29) is 6.04 Å². The Balaban J connectivity index is 1.79. The number of pyridine rings is 2. The van der Waals surface area contributed by atoms with Crippen molar-refractivity contribution in [1.29, 1.82) is 0 Å². The van der Waals surface area contributed by atoms with Gasteiger partial charge in [-0.25, -0.2) is 9.67 Å². The first kappa shape index (κ1) is 15.5. The molecule has 0 fully saturated rings. The van der Waals surface area contributed by atoms with Gasteiger partial charge in [0.05, 0.1) is 0 Å². The zero-order chi connectivity index (χ0) is 17.2. The molecule has 0 saturated heterocycles. The van der Waals surface area contributed by atoms with Crippen LogP contribution in [0.25, 0.3) is 22.3 Å². The van der Waals surface area contributed by atoms with E-state index in [0.29, 0.717) is 6.42 Å². The van der Waals surface area contributed by atoms with E-state index < -0.39 is 0 Å². The molecule has 1 atom stereocenters. The summed E-state index contributed by atoms with van der Waals surface area (Å²) in [4.78, 5) is 8.82. The molecule has 25 heavy (non-hydrogen) atoms. The largest absolute Gasteiger partial charge is 0.324 e. The van der Waals surface area contributed by atoms with Gasteiger partial charge in [0.15, 0.2) is 5.65 Å². The summed E-state index contributed by atoms with van der Waals surface area (Å²) in [5, 5.41) is 5.72. The van der Waals surface area contributed by atoms with Crippen LogP contribution in [0.3, 0.4) is 0 Å². The minimum atomic E-state index is -0.153. The standard InChI is InChI=1S/C20H19N5/c1-25-20-17(10-6-12-23-20)19(24-25)16-9-3-2-8-15(16)18(21)13-14-7-4-5-11-22-14/h2-12,18H,13,21H2,1H3/t18-/m0/s1. The van der Waals surface area contributed by atoms with Gasteiger partial charge in [-0.05, 0) is 29.8 Å². The van der Waals surface area contributed by atoms with E-state index in [2.05, 4.69) is 22.1 Å². The Morgan fingerprint density at radius 1 is 0.960 bits per heavy atom. The van der Waals surface area contributed by atoms with E-state index in [9.17, 15) is 0 Å². The van der Waals surface area contributed by atoms with Crippen LogP contribution in [0.5, 0.6) is 0 Å². The molecule has 5 nitrogen and oxygen atoms in total. The quantitative estimate of drug-likeness (QED) is 0.624. The Labute approximate surface area is 146 Å². The Morgan fingerprint density at radius 3 is 2.60 bits per heavy atom. The van der Waals surface area contributed by atoms with Crippen LogP contribution in [0.1, 0.15) is 17.3 Å². The molecule has 0 aliphatic heterocycles. The molecule has 0 unspecified atom stereocenters. The van der Waals surface area contributed by atoms with Crippen molar-refractivity contribution in [2.24, 2.45) is 12.8 Å². The van der Waals surface area contributed by atoms with Crippen molar-refractivity contribution in [2.75, 3.05) is 0 Å². The van der Waals surface area contributed by atoms with Gasteiger partial charge in [0.1, 0.15) is 5.69 Å². The fraction of sp³-hybridized carbons (Fsp3) is 0.150. The summed E-state index contributed by atoms with van der Waals surface area (Å²) < 4.78 is 1.81. The Hall–Kier alpha value is -3.05. The topological polar surface area (TPSA) is 69.6 Å². The Morgan fingerprint density at radius 2 is 1.76 bits per heavy atom. The molecular weight excluding hydrogens is 310 g/mol. The number of nitrogens with two attached hydrogens (primary N) is 1. The molecule has 4 rings (SSSR count). The summed E-state index contributed by atoms with van der Waals surface area (Å²) in [6.45, 7) is 0. The fourth-order valence-corrected chi connectivity index (χ4v) is 3.18. The van der Waals surface area contributed by atoms with Gasteiger partial charge in [0, 0.05) is 48.5 Å². The van der Waals surface area contributed by atoms with Crippen LogP contribution in [0.2, 0.25) is 0 Å². The van der Waals surface area contributed by atoms with Crippen LogP contribution < -0.4 is 5.73 Å². The molecule has 0 spiro atoms. The van der Waals surface area contributed by atoms with E-state index in [0.717, 1.165) is 33.5 Å². The van der Waals surface area contributed by atoms with Crippen molar-refractivity contribution >= 4 is 11.0 Å². The highest BCUT2D eigenvalue weighted by molar-refractivity contribution is 5.92. The Bertz CT molecular complexity index is 1010. The normalized spacial score (nSPS) is 12.4. The number of aryl methyl sites for hydroxylation is 1. The van der Waals surface area contributed by atoms with Crippen LogP contribution >= 0.6 is 0 Å². The summed E-state index contributed by atoms with van der Waals surface area (Å²) in [6, 6.07) is 17.9. The molecule has 2 N–H and O–H groups in total. The van der Waals surface area contributed by atoms with Crippen LogP contribution in [-0.4, -0.2) is 19.7 Å². The minimum absolute atomic E-state index is 0.153. The van der Waals surface area contributed by atoms with Crippen molar-refractivity contribution in [2.45, 2.75) is 12.5 Å². The highest BCUT2D eigenvalue weighted by Crippen LogP contribution is 2.32.